The van der Waals surface area contributed by atoms with Gasteiger partial charge in [-0.05, 0) is 31.2 Å². The zero-order valence-corrected chi connectivity index (χ0v) is 9.75. The molecule has 0 spiro atoms. The highest BCUT2D eigenvalue weighted by Gasteiger charge is 2.14. The summed E-state index contributed by atoms with van der Waals surface area (Å²) >= 11 is 0. The van der Waals surface area contributed by atoms with E-state index in [-0.39, 0.29) is 17.6 Å². The molecular weight excluding hydrogens is 234 g/mol. The maximum absolute atomic E-state index is 11.8. The second-order valence-corrected chi connectivity index (χ2v) is 3.66. The van der Waals surface area contributed by atoms with Crippen molar-refractivity contribution in [1.29, 1.82) is 0 Å². The topological polar surface area (TPSA) is 106 Å². The van der Waals surface area contributed by atoms with Crippen molar-refractivity contribution < 1.29 is 9.21 Å². The molecule has 7 nitrogen and oxygen atoms in total. The van der Waals surface area contributed by atoms with Gasteiger partial charge in [0.05, 0.1) is 12.3 Å². The monoisotopic (exact) mass is 247 g/mol. The van der Waals surface area contributed by atoms with Gasteiger partial charge in [0.25, 0.3) is 5.91 Å². The van der Waals surface area contributed by atoms with E-state index in [1.165, 1.54) is 6.07 Å². The van der Waals surface area contributed by atoms with Gasteiger partial charge in [0.15, 0.2) is 11.5 Å². The number of hydrogen-bond donors (Lipinski definition) is 3. The fourth-order valence-corrected chi connectivity index (χ4v) is 1.41. The minimum atomic E-state index is -0.324. The van der Waals surface area contributed by atoms with Crippen molar-refractivity contribution in [1.82, 2.24) is 15.5 Å². The highest BCUT2D eigenvalue weighted by molar-refractivity contribution is 5.92. The van der Waals surface area contributed by atoms with E-state index in [0.29, 0.717) is 11.6 Å². The second-order valence-electron chi connectivity index (χ2n) is 3.66. The summed E-state index contributed by atoms with van der Waals surface area (Å²) < 4.78 is 5.19. The Kier molecular flexibility index (Phi) is 3.54. The minimum Gasteiger partial charge on any atom is -0.467 e. The zero-order chi connectivity index (χ0) is 13.0. The van der Waals surface area contributed by atoms with Crippen LogP contribution in [-0.2, 0) is 0 Å². The highest BCUT2D eigenvalue weighted by atomic mass is 16.3. The molecule has 0 saturated heterocycles. The van der Waals surface area contributed by atoms with E-state index in [9.17, 15) is 4.79 Å². The molecule has 0 fully saturated rings. The molecule has 1 unspecified atom stereocenters. The molecule has 2 rings (SSSR count). The van der Waals surface area contributed by atoms with Gasteiger partial charge in [-0.2, -0.15) is 0 Å². The summed E-state index contributed by atoms with van der Waals surface area (Å²) in [5, 5.41) is 10.2. The van der Waals surface area contributed by atoms with Crippen molar-refractivity contribution >= 4 is 11.7 Å². The molecule has 7 heteroatoms. The summed E-state index contributed by atoms with van der Waals surface area (Å²) in [6.07, 6.45) is 1.56. The Morgan fingerprint density at radius 3 is 2.78 bits per heavy atom. The predicted octanol–water partition coefficient (Wildman–Crippen LogP) is 0.846. The smallest absolute Gasteiger partial charge is 0.272 e. The molecule has 1 amide bonds. The summed E-state index contributed by atoms with van der Waals surface area (Å²) in [5.74, 6) is 5.90. The van der Waals surface area contributed by atoms with Crippen LogP contribution in [-0.4, -0.2) is 16.1 Å². The predicted molar refractivity (Wildman–Crippen MR) is 64.4 cm³/mol. The van der Waals surface area contributed by atoms with E-state index in [1.54, 1.807) is 24.5 Å². The largest absolute Gasteiger partial charge is 0.467 e. The first-order valence-corrected chi connectivity index (χ1v) is 5.35. The maximum Gasteiger partial charge on any atom is 0.272 e. The number of nitrogens with zero attached hydrogens (tertiary/aromatic N) is 2. The lowest BCUT2D eigenvalue weighted by atomic mass is 10.2. The van der Waals surface area contributed by atoms with Gasteiger partial charge >= 0.3 is 0 Å². The van der Waals surface area contributed by atoms with Gasteiger partial charge in [0, 0.05) is 0 Å². The van der Waals surface area contributed by atoms with Crippen molar-refractivity contribution in [3.63, 3.8) is 0 Å². The first kappa shape index (κ1) is 12.1. The highest BCUT2D eigenvalue weighted by Crippen LogP contribution is 2.12. The normalized spacial score (nSPS) is 11.9. The van der Waals surface area contributed by atoms with Crippen LogP contribution in [0.15, 0.2) is 34.9 Å². The lowest BCUT2D eigenvalue weighted by molar-refractivity contribution is 0.0929. The first-order chi connectivity index (χ1) is 8.70. The molecule has 18 heavy (non-hydrogen) atoms. The number of nitrogens with two attached hydrogens (primary N) is 1. The molecule has 2 aromatic heterocycles. The van der Waals surface area contributed by atoms with Crippen molar-refractivity contribution in [2.45, 2.75) is 13.0 Å². The van der Waals surface area contributed by atoms with E-state index in [4.69, 9.17) is 10.3 Å². The molecule has 1 atom stereocenters. The Hall–Kier alpha value is -2.41. The first-order valence-electron chi connectivity index (χ1n) is 5.35. The van der Waals surface area contributed by atoms with Crippen molar-refractivity contribution in [2.75, 3.05) is 5.43 Å². The van der Waals surface area contributed by atoms with Gasteiger partial charge < -0.3 is 15.2 Å². The Balaban J connectivity index is 2.03. The van der Waals surface area contributed by atoms with Gasteiger partial charge in [-0.15, -0.1) is 10.2 Å². The molecule has 94 valence electrons. The summed E-state index contributed by atoms with van der Waals surface area (Å²) in [5.41, 5.74) is 2.55. The van der Waals surface area contributed by atoms with E-state index in [2.05, 4.69) is 20.9 Å². The third kappa shape index (κ3) is 2.64. The number of carbonyl (C=O) groups is 1. The van der Waals surface area contributed by atoms with Gasteiger partial charge in [0.1, 0.15) is 5.76 Å². The number of hydrogen-bond acceptors (Lipinski definition) is 6. The Bertz CT molecular complexity index is 509. The van der Waals surface area contributed by atoms with Crippen LogP contribution in [0.5, 0.6) is 0 Å². The molecule has 2 heterocycles. The third-order valence-electron chi connectivity index (χ3n) is 2.36. The average molecular weight is 247 g/mol. The number of nitrogen functional groups attached to an aromatic ring is 1. The molecule has 0 saturated carbocycles. The second kappa shape index (κ2) is 5.28. The third-order valence-corrected chi connectivity index (χ3v) is 2.36. The lowest BCUT2D eigenvalue weighted by Crippen LogP contribution is -2.27. The summed E-state index contributed by atoms with van der Waals surface area (Å²) in [6, 6.07) is 6.42. The van der Waals surface area contributed by atoms with E-state index in [1.807, 2.05) is 6.92 Å². The molecule has 0 aliphatic heterocycles. The molecule has 0 bridgehead atoms. The van der Waals surface area contributed by atoms with Crippen LogP contribution >= 0.6 is 0 Å². The van der Waals surface area contributed by atoms with E-state index in [0.717, 1.165) is 0 Å². The van der Waals surface area contributed by atoms with Crippen LogP contribution in [0.1, 0.15) is 29.2 Å². The van der Waals surface area contributed by atoms with Crippen molar-refractivity contribution in [3.8, 4) is 0 Å². The van der Waals surface area contributed by atoms with Gasteiger partial charge in [-0.3, -0.25) is 4.79 Å². The van der Waals surface area contributed by atoms with Gasteiger partial charge in [-0.25, -0.2) is 5.84 Å². The molecule has 0 aromatic carbocycles. The fourth-order valence-electron chi connectivity index (χ4n) is 1.41. The molecule has 2 aromatic rings. The zero-order valence-electron chi connectivity index (χ0n) is 9.75. The number of anilines is 1. The van der Waals surface area contributed by atoms with Crippen LogP contribution < -0.4 is 16.6 Å². The number of nitrogens with one attached hydrogen (secondary N) is 2. The molecule has 0 aliphatic rings. The number of hydrazine groups is 1. The molecule has 4 N–H and O–H groups in total. The van der Waals surface area contributed by atoms with Gasteiger partial charge in [0.2, 0.25) is 0 Å². The number of carbonyl (C=O) groups excluding carboxylic acids is 1. The number of aromatic nitrogens is 2. The molecule has 0 aliphatic carbocycles. The number of furan rings is 1. The van der Waals surface area contributed by atoms with E-state index < -0.39 is 0 Å². The Labute approximate surface area is 103 Å². The standard InChI is InChI=1S/C11H13N5O2/c1-7(9-3-2-6-18-9)13-11(17)8-4-5-10(14-12)16-15-8/h2-7H,12H2,1H3,(H,13,17)(H,14,16). The quantitative estimate of drug-likeness (QED) is 0.546. The van der Waals surface area contributed by atoms with Crippen LogP contribution in [0, 0.1) is 0 Å². The Morgan fingerprint density at radius 1 is 1.39 bits per heavy atom. The maximum atomic E-state index is 11.8. The fraction of sp³-hybridized carbons (Fsp3) is 0.182. The van der Waals surface area contributed by atoms with Gasteiger partial charge in [-0.1, -0.05) is 0 Å². The number of rotatable bonds is 4. The van der Waals surface area contributed by atoms with Crippen LogP contribution in [0.4, 0.5) is 5.82 Å². The van der Waals surface area contributed by atoms with E-state index >= 15 is 0 Å². The van der Waals surface area contributed by atoms with Crippen LogP contribution in [0.2, 0.25) is 0 Å². The number of amides is 1. The summed E-state index contributed by atoms with van der Waals surface area (Å²) in [7, 11) is 0. The minimum absolute atomic E-state index is 0.215. The van der Waals surface area contributed by atoms with Crippen molar-refractivity contribution in [2.24, 2.45) is 5.84 Å². The van der Waals surface area contributed by atoms with Crippen LogP contribution in [0.3, 0.4) is 0 Å². The van der Waals surface area contributed by atoms with Crippen LogP contribution in [0.25, 0.3) is 0 Å². The molecule has 0 radical (unpaired) electrons. The molecular formula is C11H13N5O2. The lowest BCUT2D eigenvalue weighted by Gasteiger charge is -2.10. The average Bonchev–Trinajstić information content (AvgIpc) is 2.92. The SMILES string of the molecule is CC(NC(=O)c1ccc(NN)nn1)c1ccco1. The van der Waals surface area contributed by atoms with Crippen molar-refractivity contribution in [3.05, 3.63) is 42.0 Å². The Morgan fingerprint density at radius 2 is 2.22 bits per heavy atom. The summed E-state index contributed by atoms with van der Waals surface area (Å²) in [6.45, 7) is 1.82. The summed E-state index contributed by atoms with van der Waals surface area (Å²) in [4.78, 5) is 11.8.